The molecule has 0 fully saturated rings. The van der Waals surface area contributed by atoms with Crippen LogP contribution in [0.15, 0.2) is 66.7 Å². The second-order valence-electron chi connectivity index (χ2n) is 8.18. The summed E-state index contributed by atoms with van der Waals surface area (Å²) < 4.78 is 13.8. The molecule has 3 aromatic carbocycles. The van der Waals surface area contributed by atoms with Gasteiger partial charge in [0.2, 0.25) is 0 Å². The molecule has 180 valence electrons. The van der Waals surface area contributed by atoms with E-state index in [0.717, 1.165) is 50.7 Å². The van der Waals surface area contributed by atoms with Gasteiger partial charge in [-0.25, -0.2) is 14.6 Å². The van der Waals surface area contributed by atoms with Gasteiger partial charge < -0.3 is 15.2 Å². The number of rotatable bonds is 8. The Kier molecular flexibility index (Phi) is 7.66. The zero-order valence-electron chi connectivity index (χ0n) is 19.3. The van der Waals surface area contributed by atoms with Crippen molar-refractivity contribution in [2.45, 2.75) is 19.9 Å². The number of aliphatic hydroxyl groups excluding tert-OH is 1. The van der Waals surface area contributed by atoms with Crippen LogP contribution in [0.5, 0.6) is 0 Å². The monoisotopic (exact) mass is 492 g/mol. The highest BCUT2D eigenvalue weighted by atomic mass is 35.5. The van der Waals surface area contributed by atoms with Gasteiger partial charge in [0.15, 0.2) is 0 Å². The third-order valence-electron chi connectivity index (χ3n) is 5.97. The first kappa shape index (κ1) is 24.7. The summed E-state index contributed by atoms with van der Waals surface area (Å²) in [6.45, 7) is 3.22. The maximum Gasteiger partial charge on any atom is 0.328 e. The fraction of sp³-hybridized carbons (Fsp3) is 0.179. The molecule has 7 heteroatoms. The van der Waals surface area contributed by atoms with Crippen molar-refractivity contribution in [1.29, 1.82) is 0 Å². The van der Waals surface area contributed by atoms with E-state index >= 15 is 0 Å². The number of hydrazine groups is 1. The van der Waals surface area contributed by atoms with Gasteiger partial charge in [-0.3, -0.25) is 0 Å². The topological polar surface area (TPSA) is 72.8 Å². The van der Waals surface area contributed by atoms with Crippen molar-refractivity contribution in [1.82, 2.24) is 5.43 Å². The molecule has 1 aliphatic rings. The lowest BCUT2D eigenvalue weighted by atomic mass is 9.87. The van der Waals surface area contributed by atoms with Crippen molar-refractivity contribution in [3.63, 3.8) is 0 Å². The van der Waals surface area contributed by atoms with Gasteiger partial charge in [-0.1, -0.05) is 54.9 Å². The Morgan fingerprint density at radius 1 is 1.11 bits per heavy atom. The fourth-order valence-electron chi connectivity index (χ4n) is 4.39. The lowest BCUT2D eigenvalue weighted by molar-refractivity contribution is -0.131. The van der Waals surface area contributed by atoms with Gasteiger partial charge in [-0.15, -0.1) is 0 Å². The molecule has 0 radical (unpaired) electrons. The number of hydrogen-bond acceptors (Lipinski definition) is 4. The standard InChI is InChI=1S/C28H26ClFN2O3/c1-2-23(24-10-9-22(30)16-25(24)29)28(19-6-3-18(4-7-19)5-12-27(34)35)20-8-11-26-21(15-20)17-31-32(26)13-14-33/h3-12,15-16,31,33H,2,13-14,17H2,1H3,(H,34,35)/b12-5+,28-23+. The second kappa shape index (κ2) is 10.9. The molecular formula is C28H26ClFN2O3. The van der Waals surface area contributed by atoms with Gasteiger partial charge in [-0.05, 0) is 75.7 Å². The van der Waals surface area contributed by atoms with E-state index < -0.39 is 11.8 Å². The van der Waals surface area contributed by atoms with Crippen LogP contribution >= 0.6 is 11.6 Å². The minimum absolute atomic E-state index is 0.0467. The number of benzene rings is 3. The van der Waals surface area contributed by atoms with Gasteiger partial charge in [-0.2, -0.15) is 0 Å². The van der Waals surface area contributed by atoms with Gasteiger partial charge in [0.25, 0.3) is 0 Å². The Labute approximate surface area is 208 Å². The third-order valence-corrected chi connectivity index (χ3v) is 6.28. The van der Waals surface area contributed by atoms with Gasteiger partial charge in [0, 0.05) is 12.6 Å². The zero-order valence-corrected chi connectivity index (χ0v) is 20.0. The fourth-order valence-corrected chi connectivity index (χ4v) is 4.67. The smallest absolute Gasteiger partial charge is 0.328 e. The van der Waals surface area contributed by atoms with E-state index in [4.69, 9.17) is 16.7 Å². The van der Waals surface area contributed by atoms with E-state index in [1.165, 1.54) is 12.1 Å². The maximum atomic E-state index is 13.8. The molecule has 0 atom stereocenters. The highest BCUT2D eigenvalue weighted by molar-refractivity contribution is 6.32. The number of carbonyl (C=O) groups is 1. The number of aliphatic carboxylic acids is 1. The molecule has 0 unspecified atom stereocenters. The molecule has 0 amide bonds. The summed E-state index contributed by atoms with van der Waals surface area (Å²) in [4.78, 5) is 10.9. The molecule has 1 aliphatic heterocycles. The predicted molar refractivity (Wildman–Crippen MR) is 138 cm³/mol. The molecule has 0 saturated heterocycles. The Bertz CT molecular complexity index is 1300. The van der Waals surface area contributed by atoms with Crippen LogP contribution < -0.4 is 10.4 Å². The number of hydrogen-bond donors (Lipinski definition) is 3. The lowest BCUT2D eigenvalue weighted by Gasteiger charge is -2.20. The Morgan fingerprint density at radius 3 is 2.51 bits per heavy atom. The average molecular weight is 493 g/mol. The molecule has 0 spiro atoms. The van der Waals surface area contributed by atoms with Crippen LogP contribution in [0.4, 0.5) is 10.1 Å². The van der Waals surface area contributed by atoms with Crippen LogP contribution in [-0.2, 0) is 11.3 Å². The number of halogens is 2. The molecule has 0 aromatic heterocycles. The van der Waals surface area contributed by atoms with Gasteiger partial charge in [0.1, 0.15) is 5.82 Å². The van der Waals surface area contributed by atoms with Crippen molar-refractivity contribution in [3.8, 4) is 0 Å². The molecule has 5 nitrogen and oxygen atoms in total. The SMILES string of the molecule is CC/C(=C(/c1ccc(/C=C/C(=O)O)cc1)c1ccc2c(c1)CNN2CCO)c1ccc(F)cc1Cl. The Hall–Kier alpha value is -3.45. The van der Waals surface area contributed by atoms with Crippen LogP contribution in [0.25, 0.3) is 17.2 Å². The number of allylic oxidation sites excluding steroid dienone is 1. The van der Waals surface area contributed by atoms with Crippen LogP contribution in [0.3, 0.4) is 0 Å². The number of nitrogens with zero attached hydrogens (tertiary/aromatic N) is 1. The van der Waals surface area contributed by atoms with Crippen molar-refractivity contribution < 1.29 is 19.4 Å². The molecule has 3 aromatic rings. The average Bonchev–Trinajstić information content (AvgIpc) is 3.24. The van der Waals surface area contributed by atoms with Gasteiger partial charge in [0.05, 0.1) is 23.9 Å². The predicted octanol–water partition coefficient (Wildman–Crippen LogP) is 5.76. The number of nitrogens with one attached hydrogen (secondary N) is 1. The van der Waals surface area contributed by atoms with E-state index in [-0.39, 0.29) is 6.61 Å². The van der Waals surface area contributed by atoms with Crippen LogP contribution in [-0.4, -0.2) is 29.3 Å². The number of anilines is 1. The Morgan fingerprint density at radius 2 is 1.86 bits per heavy atom. The molecule has 3 N–H and O–H groups in total. The quantitative estimate of drug-likeness (QED) is 0.275. The van der Waals surface area contributed by atoms with E-state index in [2.05, 4.69) is 11.5 Å². The van der Waals surface area contributed by atoms with Crippen LogP contribution in [0, 0.1) is 5.82 Å². The summed E-state index contributed by atoms with van der Waals surface area (Å²) >= 11 is 6.49. The van der Waals surface area contributed by atoms with Crippen molar-refractivity contribution in [2.24, 2.45) is 0 Å². The van der Waals surface area contributed by atoms with Crippen LogP contribution in [0.2, 0.25) is 5.02 Å². The van der Waals surface area contributed by atoms with E-state index in [9.17, 15) is 14.3 Å². The normalized spacial score (nSPS) is 13.8. The molecule has 0 aliphatic carbocycles. The highest BCUT2D eigenvalue weighted by Gasteiger charge is 2.21. The summed E-state index contributed by atoms with van der Waals surface area (Å²) in [7, 11) is 0. The van der Waals surface area contributed by atoms with Crippen molar-refractivity contribution in [3.05, 3.63) is 105 Å². The summed E-state index contributed by atoms with van der Waals surface area (Å²) in [5, 5.41) is 20.5. The molecular weight excluding hydrogens is 467 g/mol. The minimum Gasteiger partial charge on any atom is -0.478 e. The van der Waals surface area contributed by atoms with Crippen LogP contribution in [0.1, 0.15) is 41.2 Å². The van der Waals surface area contributed by atoms with E-state index in [0.29, 0.717) is 24.5 Å². The molecule has 1 heterocycles. The van der Waals surface area contributed by atoms with Crippen molar-refractivity contribution >= 4 is 40.5 Å². The summed E-state index contributed by atoms with van der Waals surface area (Å²) in [5.74, 6) is -1.39. The number of β-amino-alcohol motifs (C(OH)–C–C–N with tert-alkyl or cyclic N) is 1. The first-order chi connectivity index (χ1) is 16.9. The minimum atomic E-state index is -1.00. The Balaban J connectivity index is 1.88. The lowest BCUT2D eigenvalue weighted by Crippen LogP contribution is -2.34. The third kappa shape index (κ3) is 5.46. The van der Waals surface area contributed by atoms with E-state index in [1.54, 1.807) is 12.1 Å². The number of aliphatic hydroxyl groups is 1. The first-order valence-electron chi connectivity index (χ1n) is 11.4. The summed E-state index contributed by atoms with van der Waals surface area (Å²) in [5.41, 5.74) is 10.8. The largest absolute Gasteiger partial charge is 0.478 e. The van der Waals surface area contributed by atoms with Gasteiger partial charge >= 0.3 is 5.97 Å². The summed E-state index contributed by atoms with van der Waals surface area (Å²) in [6, 6.07) is 18.3. The molecule has 4 rings (SSSR count). The summed E-state index contributed by atoms with van der Waals surface area (Å²) in [6.07, 6.45) is 3.31. The number of carboxylic acids is 1. The molecule has 35 heavy (non-hydrogen) atoms. The highest BCUT2D eigenvalue weighted by Crippen LogP contribution is 2.39. The second-order valence-corrected chi connectivity index (χ2v) is 8.59. The number of fused-ring (bicyclic) bond motifs is 1. The molecule has 0 saturated carbocycles. The van der Waals surface area contributed by atoms with E-state index in [1.807, 2.05) is 48.3 Å². The van der Waals surface area contributed by atoms with Crippen molar-refractivity contribution in [2.75, 3.05) is 18.2 Å². The first-order valence-corrected chi connectivity index (χ1v) is 11.7. The zero-order chi connectivity index (χ0) is 24.9. The maximum absolute atomic E-state index is 13.8. The molecule has 0 bridgehead atoms. The number of carboxylic acid groups (broad SMARTS) is 1.